The van der Waals surface area contributed by atoms with Gasteiger partial charge >= 0.3 is 6.18 Å². The number of fused-ring (bicyclic) bond motifs is 1. The molecule has 8 nitrogen and oxygen atoms in total. The molecule has 0 spiro atoms. The molecular formula is C19H19BrClF3N6O2S. The fourth-order valence-electron chi connectivity index (χ4n) is 3.83. The minimum absolute atomic E-state index is 0.0183. The van der Waals surface area contributed by atoms with E-state index in [0.29, 0.717) is 31.3 Å². The van der Waals surface area contributed by atoms with Crippen LogP contribution in [-0.2, 0) is 16.2 Å². The van der Waals surface area contributed by atoms with E-state index in [9.17, 15) is 21.6 Å². The van der Waals surface area contributed by atoms with Crippen LogP contribution in [0.3, 0.4) is 0 Å². The average molecular weight is 568 g/mol. The first-order valence-electron chi connectivity index (χ1n) is 9.91. The first-order valence-corrected chi connectivity index (χ1v) is 13.0. The maximum absolute atomic E-state index is 13.3. The number of alkyl halides is 3. The van der Waals surface area contributed by atoms with Crippen LogP contribution in [0.5, 0.6) is 0 Å². The summed E-state index contributed by atoms with van der Waals surface area (Å²) in [6.45, 7) is 0. The summed E-state index contributed by atoms with van der Waals surface area (Å²) >= 11 is 9.43. The molecule has 0 radical (unpaired) electrons. The molecule has 3 aromatic heterocycles. The van der Waals surface area contributed by atoms with Gasteiger partial charge in [-0.1, -0.05) is 11.6 Å². The van der Waals surface area contributed by atoms with E-state index in [1.165, 1.54) is 16.8 Å². The number of anilines is 1. The third-order valence-corrected chi connectivity index (χ3v) is 6.94. The Kier molecular flexibility index (Phi) is 6.60. The van der Waals surface area contributed by atoms with Gasteiger partial charge in [0.05, 0.1) is 39.4 Å². The molecule has 3 heterocycles. The molecule has 1 saturated carbocycles. The van der Waals surface area contributed by atoms with E-state index >= 15 is 0 Å². The van der Waals surface area contributed by atoms with Crippen LogP contribution in [-0.4, -0.2) is 46.1 Å². The summed E-state index contributed by atoms with van der Waals surface area (Å²) in [6.07, 6.45) is 3.05. The van der Waals surface area contributed by atoms with Crippen molar-refractivity contribution in [2.75, 3.05) is 11.6 Å². The third-order valence-electron chi connectivity index (χ3n) is 5.32. The molecular weight excluding hydrogens is 549 g/mol. The number of imidazole rings is 1. The van der Waals surface area contributed by atoms with Gasteiger partial charge in [-0.05, 0) is 47.7 Å². The fourth-order valence-corrected chi connectivity index (χ4v) is 5.40. The molecule has 14 heteroatoms. The first-order chi connectivity index (χ1) is 15.4. The van der Waals surface area contributed by atoms with E-state index in [4.69, 9.17) is 11.6 Å². The molecule has 0 aromatic carbocycles. The number of nitrogens with one attached hydrogen (secondary N) is 2. The predicted octanol–water partition coefficient (Wildman–Crippen LogP) is 4.50. The molecule has 1 aliphatic carbocycles. The first kappa shape index (κ1) is 24.2. The van der Waals surface area contributed by atoms with E-state index in [1.54, 1.807) is 0 Å². The highest BCUT2D eigenvalue weighted by molar-refractivity contribution is 9.10. The molecule has 0 bridgehead atoms. The number of aromatic nitrogens is 4. The van der Waals surface area contributed by atoms with E-state index in [0.717, 1.165) is 18.5 Å². The second kappa shape index (κ2) is 9.01. The van der Waals surface area contributed by atoms with E-state index in [1.807, 2.05) is 0 Å². The molecule has 33 heavy (non-hydrogen) atoms. The number of hydrogen-bond acceptors (Lipinski definition) is 6. The van der Waals surface area contributed by atoms with Crippen LogP contribution >= 0.6 is 27.5 Å². The topological polar surface area (TPSA) is 101 Å². The summed E-state index contributed by atoms with van der Waals surface area (Å²) in [5, 5.41) is 3.38. The highest BCUT2D eigenvalue weighted by Crippen LogP contribution is 2.35. The van der Waals surface area contributed by atoms with Crippen LogP contribution in [0.2, 0.25) is 5.02 Å². The van der Waals surface area contributed by atoms with Gasteiger partial charge in [0.2, 0.25) is 16.0 Å². The summed E-state index contributed by atoms with van der Waals surface area (Å²) in [5.41, 5.74) is -0.0309. The van der Waals surface area contributed by atoms with Crippen LogP contribution in [0.4, 0.5) is 19.1 Å². The number of hydrogen-bond donors (Lipinski definition) is 2. The Hall–Kier alpha value is -1.96. The van der Waals surface area contributed by atoms with Crippen molar-refractivity contribution in [3.63, 3.8) is 0 Å². The molecule has 0 aliphatic heterocycles. The second-order valence-electron chi connectivity index (χ2n) is 7.88. The Morgan fingerprint density at radius 1 is 1.15 bits per heavy atom. The molecule has 0 atom stereocenters. The Morgan fingerprint density at radius 3 is 2.45 bits per heavy atom. The van der Waals surface area contributed by atoms with Crippen LogP contribution in [0.25, 0.3) is 17.0 Å². The Labute approximate surface area is 201 Å². The smallest absolute Gasteiger partial charge is 0.351 e. The minimum Gasteiger partial charge on any atom is -0.351 e. The van der Waals surface area contributed by atoms with Gasteiger partial charge in [-0.3, -0.25) is 4.40 Å². The molecule has 178 valence electrons. The van der Waals surface area contributed by atoms with Gasteiger partial charge in [-0.2, -0.15) is 13.2 Å². The zero-order valence-corrected chi connectivity index (χ0v) is 20.4. The monoisotopic (exact) mass is 566 g/mol. The summed E-state index contributed by atoms with van der Waals surface area (Å²) in [4.78, 5) is 12.8. The second-order valence-corrected chi connectivity index (χ2v) is 10.9. The number of rotatable bonds is 5. The van der Waals surface area contributed by atoms with Gasteiger partial charge < -0.3 is 5.32 Å². The van der Waals surface area contributed by atoms with Gasteiger partial charge in [-0.15, -0.1) is 0 Å². The standard InChI is InChI=1S/C19H19BrClF3N6O2S/c1-33(31,32)29-12-4-2-11(3-5-12)27-18-26-7-14(21)16(28-18)15-8-25-17-13(20)6-10(9-30(15)17)19(22,23)24/h6-9,11-12,29H,2-5H2,1H3,(H,26,27,28). The molecule has 3 aromatic rings. The van der Waals surface area contributed by atoms with Gasteiger partial charge in [0.15, 0.2) is 5.65 Å². The quantitative estimate of drug-likeness (QED) is 0.471. The van der Waals surface area contributed by atoms with Crippen LogP contribution in [0.15, 0.2) is 29.1 Å². The summed E-state index contributed by atoms with van der Waals surface area (Å²) in [7, 11) is -3.26. The predicted molar refractivity (Wildman–Crippen MR) is 122 cm³/mol. The number of pyridine rings is 1. The zero-order chi connectivity index (χ0) is 24.0. The lowest BCUT2D eigenvalue weighted by molar-refractivity contribution is -0.137. The maximum atomic E-state index is 13.3. The van der Waals surface area contributed by atoms with Crippen molar-refractivity contribution < 1.29 is 21.6 Å². The average Bonchev–Trinajstić information content (AvgIpc) is 3.14. The lowest BCUT2D eigenvalue weighted by atomic mass is 9.92. The highest BCUT2D eigenvalue weighted by Gasteiger charge is 2.32. The van der Waals surface area contributed by atoms with Gasteiger partial charge in [0.25, 0.3) is 0 Å². The number of nitrogens with zero attached hydrogens (tertiary/aromatic N) is 4. The van der Waals surface area contributed by atoms with Gasteiger partial charge in [-0.25, -0.2) is 28.1 Å². The number of sulfonamides is 1. The minimum atomic E-state index is -4.54. The van der Waals surface area contributed by atoms with E-state index < -0.39 is 21.8 Å². The Bertz CT molecular complexity index is 1290. The lowest BCUT2D eigenvalue weighted by Crippen LogP contribution is -2.39. The fraction of sp³-hybridized carbons (Fsp3) is 0.421. The number of halogens is 5. The highest BCUT2D eigenvalue weighted by atomic mass is 79.9. The van der Waals surface area contributed by atoms with Crippen molar-refractivity contribution in [2.24, 2.45) is 0 Å². The summed E-state index contributed by atoms with van der Waals surface area (Å²) in [6, 6.07) is 0.874. The van der Waals surface area contributed by atoms with Crippen molar-refractivity contribution >= 4 is 49.1 Å². The van der Waals surface area contributed by atoms with Crippen LogP contribution < -0.4 is 10.0 Å². The largest absolute Gasteiger partial charge is 0.417 e. The normalized spacial score (nSPS) is 19.7. The molecule has 1 fully saturated rings. The Morgan fingerprint density at radius 2 is 1.82 bits per heavy atom. The van der Waals surface area contributed by atoms with Crippen molar-refractivity contribution in [3.8, 4) is 11.4 Å². The SMILES string of the molecule is CS(=O)(=O)NC1CCC(Nc2ncc(Cl)c(-c3cnc4c(Br)cc(C(F)(F)F)cn34)n2)CC1. The lowest BCUT2D eigenvalue weighted by Gasteiger charge is -2.29. The molecule has 0 amide bonds. The molecule has 0 saturated heterocycles. The molecule has 2 N–H and O–H groups in total. The van der Waals surface area contributed by atoms with Gasteiger partial charge in [0.1, 0.15) is 5.69 Å². The van der Waals surface area contributed by atoms with Crippen molar-refractivity contribution in [1.29, 1.82) is 0 Å². The van der Waals surface area contributed by atoms with Crippen LogP contribution in [0, 0.1) is 0 Å². The molecule has 4 rings (SSSR count). The summed E-state index contributed by atoms with van der Waals surface area (Å²) < 4.78 is 66.8. The molecule has 1 aliphatic rings. The van der Waals surface area contributed by atoms with Crippen LogP contribution in [0.1, 0.15) is 31.2 Å². The summed E-state index contributed by atoms with van der Waals surface area (Å²) in [5.74, 6) is 0.273. The van der Waals surface area contributed by atoms with E-state index in [2.05, 4.69) is 40.9 Å². The van der Waals surface area contributed by atoms with Gasteiger partial charge in [0, 0.05) is 18.3 Å². The Balaban J connectivity index is 1.59. The third kappa shape index (κ3) is 5.58. The van der Waals surface area contributed by atoms with Crippen molar-refractivity contribution in [2.45, 2.75) is 43.9 Å². The van der Waals surface area contributed by atoms with E-state index in [-0.39, 0.29) is 38.9 Å². The van der Waals surface area contributed by atoms with Crippen molar-refractivity contribution in [3.05, 3.63) is 39.7 Å². The molecule has 0 unspecified atom stereocenters. The maximum Gasteiger partial charge on any atom is 0.417 e. The van der Waals surface area contributed by atoms with Crippen molar-refractivity contribution in [1.82, 2.24) is 24.1 Å². The zero-order valence-electron chi connectivity index (χ0n) is 17.2.